The molecule has 4 saturated heterocycles. The molecular weight excluding hydrogens is 1220 g/mol. The van der Waals surface area contributed by atoms with Gasteiger partial charge in [-0.2, -0.15) is 0 Å². The van der Waals surface area contributed by atoms with Crippen LogP contribution in [-0.2, 0) is 0 Å². The highest BCUT2D eigenvalue weighted by Gasteiger charge is 2.86. The number of hydrogen-bond donors (Lipinski definition) is 0. The second-order valence-corrected chi connectivity index (χ2v) is 29.3. The Balaban J connectivity index is 0. The highest BCUT2D eigenvalue weighted by Crippen LogP contribution is 2.73. The van der Waals surface area contributed by atoms with Gasteiger partial charge in [0.25, 0.3) is 0 Å². The summed E-state index contributed by atoms with van der Waals surface area (Å²) in [5.74, 6) is 144. The number of quaternary nitrogens is 3. The molecule has 0 aromatic carbocycles. The second-order valence-electron chi connectivity index (χ2n) is 29.3. The van der Waals surface area contributed by atoms with E-state index in [0.29, 0.717) is 44.1 Å². The van der Waals surface area contributed by atoms with Gasteiger partial charge in [0.2, 0.25) is 0 Å². The van der Waals surface area contributed by atoms with Crippen molar-refractivity contribution in [1.82, 2.24) is 0 Å². The van der Waals surface area contributed by atoms with E-state index >= 15 is 0 Å². The molecule has 4 fully saturated rings. The van der Waals surface area contributed by atoms with Crippen LogP contribution in [0, 0.1) is 372 Å². The van der Waals surface area contributed by atoms with Crippen LogP contribution in [0.3, 0.4) is 0 Å². The molecular formula is C98H90N3+3. The minimum Gasteiger partial charge on any atom is -0.327 e. The van der Waals surface area contributed by atoms with Crippen molar-refractivity contribution in [3.63, 3.8) is 0 Å². The molecule has 4 heterocycles. The number of likely N-dealkylation sites (tertiary alicyclic amines) is 1. The Morgan fingerprint density at radius 3 is 0.584 bits per heavy atom. The van der Waals surface area contributed by atoms with Crippen LogP contribution in [0.25, 0.3) is 0 Å². The molecule has 1 atom stereocenters. The van der Waals surface area contributed by atoms with Gasteiger partial charge in [-0.05, 0) is 215 Å². The quantitative estimate of drug-likeness (QED) is 0.191. The third kappa shape index (κ3) is 31.7. The highest BCUT2D eigenvalue weighted by molar-refractivity contribution is 5.52. The Bertz CT molecular complexity index is 5120. The van der Waals surface area contributed by atoms with Crippen LogP contribution in [0.2, 0.25) is 0 Å². The summed E-state index contributed by atoms with van der Waals surface area (Å²) in [4.78, 5) is 0. The molecule has 4 aliphatic rings. The lowest BCUT2D eigenvalue weighted by Crippen LogP contribution is -2.84. The monoisotopic (exact) mass is 1310 g/mol. The first kappa shape index (κ1) is 90.2. The molecule has 2 bridgehead atoms. The molecule has 0 N–H and O–H groups in total. The van der Waals surface area contributed by atoms with E-state index in [-0.39, 0.29) is 7.43 Å². The summed E-state index contributed by atoms with van der Waals surface area (Å²) in [5.41, 5.74) is 3.34. The zero-order valence-corrected chi connectivity index (χ0v) is 63.6. The Kier molecular flexibility index (Phi) is 39.3. The summed E-state index contributed by atoms with van der Waals surface area (Å²) >= 11 is 0. The number of fused-ring (bicyclic) bond motifs is 1. The number of rotatable bonds is 2. The summed E-state index contributed by atoms with van der Waals surface area (Å²) in [6.45, 7) is 47.4. The lowest BCUT2D eigenvalue weighted by atomic mass is 9.56. The Hall–Kier alpha value is -12.9. The molecule has 101 heavy (non-hydrogen) atoms. The minimum absolute atomic E-state index is 0. The van der Waals surface area contributed by atoms with E-state index in [1.54, 1.807) is 6.92 Å². The standard InChI is InChI=1S/C59H4.C17H34N.C14H30N.C7H18N.CH4/c1-3-5-7-9-11-13-15-17-19-21-23-25-27-29-31-33-35-37-39-41-43-45-47-49-51-53-55-57-59-58-56-54-52-50-48-46-44-42-40-38-36-34-32-30-28-26-24-22-20-18-16-14-12-10-8-6-4-2;1-14(2,3)11-12-13-16(6,7)18(10,15(12,4)5)17(13,8)9;1-12(2,3)10-11-13(4,5)15(8,9)14(11,6)7;1-7(2,3)8(4,5)6;/h1H,2H3;12-13H,11H2,1-10H3;11H,10H2,1-9H3;1-6H3;1H4/q;3*+1;. The SMILES string of the molecule is C.C#CC#CC#CC#CC#CC#CC#CC#CC#CC#CC#CC#CC#CC#CC#CC#CC#CC#CC#CC#CC#CC#CC#CC#CC#CC#CC#CC#CC#CC.CC(C)(C)CC1C(C)(C)[N+](C)(C)C1(C)C.CC(C)(C)CC1C2C(C)(C)[N+](C)(C1(C)C)C2(C)C.CC(C)(C)[N+](C)(C)C. The summed E-state index contributed by atoms with van der Waals surface area (Å²) in [7, 11) is 13.9. The zero-order valence-electron chi connectivity index (χ0n) is 63.6. The van der Waals surface area contributed by atoms with Gasteiger partial charge in [-0.15, -0.1) is 6.42 Å². The number of hydrogen-bond acceptors (Lipinski definition) is 0. The third-order valence-electron chi connectivity index (χ3n) is 18.1. The van der Waals surface area contributed by atoms with Gasteiger partial charge in [0, 0.05) is 243 Å². The van der Waals surface area contributed by atoms with Crippen molar-refractivity contribution in [1.29, 1.82) is 0 Å². The molecule has 0 radical (unpaired) electrons. The van der Waals surface area contributed by atoms with Crippen molar-refractivity contribution < 1.29 is 13.4 Å². The first-order chi connectivity index (χ1) is 46.7. The zero-order chi connectivity index (χ0) is 76.0. The van der Waals surface area contributed by atoms with Crippen molar-refractivity contribution in [2.45, 2.75) is 192 Å². The lowest BCUT2D eigenvalue weighted by Gasteiger charge is -2.71. The van der Waals surface area contributed by atoms with Gasteiger partial charge in [0.15, 0.2) is 0 Å². The van der Waals surface area contributed by atoms with Crippen molar-refractivity contribution >= 4 is 0 Å². The maximum atomic E-state index is 4.94. The molecule has 4 aliphatic heterocycles. The van der Waals surface area contributed by atoms with E-state index in [9.17, 15) is 0 Å². The van der Waals surface area contributed by atoms with Crippen LogP contribution in [0.5, 0.6) is 0 Å². The van der Waals surface area contributed by atoms with Crippen LogP contribution in [0.15, 0.2) is 0 Å². The predicted octanol–water partition coefficient (Wildman–Crippen LogP) is 11.0. The fourth-order valence-electron chi connectivity index (χ4n) is 11.5. The van der Waals surface area contributed by atoms with Gasteiger partial charge in [-0.3, -0.25) is 0 Å². The fourth-order valence-corrected chi connectivity index (χ4v) is 11.5. The molecule has 0 aliphatic carbocycles. The maximum absolute atomic E-state index is 4.94. The fraction of sp³-hybridized carbons (Fsp3) is 0.408. The van der Waals surface area contributed by atoms with Crippen LogP contribution in [-0.4, -0.2) is 89.0 Å². The van der Waals surface area contributed by atoms with E-state index in [4.69, 9.17) is 6.42 Å². The Morgan fingerprint density at radius 2 is 0.455 bits per heavy atom. The maximum Gasteiger partial charge on any atom is 0.104 e. The average molecular weight is 1310 g/mol. The molecule has 1 unspecified atom stereocenters. The topological polar surface area (TPSA) is 0 Å². The van der Waals surface area contributed by atoms with Crippen molar-refractivity contribution in [2.75, 3.05) is 42.3 Å². The normalized spacial score (nSPS) is 15.5. The highest BCUT2D eigenvalue weighted by atomic mass is 15.6. The van der Waals surface area contributed by atoms with Crippen molar-refractivity contribution in [3.8, 4) is 344 Å². The first-order valence-corrected chi connectivity index (χ1v) is 31.6. The molecule has 4 rings (SSSR count). The molecule has 494 valence electrons. The third-order valence-corrected chi connectivity index (χ3v) is 18.1. The average Bonchev–Trinajstić information content (AvgIpc) is 1.46. The van der Waals surface area contributed by atoms with E-state index in [0.717, 1.165) is 26.7 Å². The van der Waals surface area contributed by atoms with Gasteiger partial charge in [-0.25, -0.2) is 0 Å². The van der Waals surface area contributed by atoms with Crippen LogP contribution in [0.4, 0.5) is 0 Å². The molecule has 0 spiro atoms. The molecule has 0 amide bonds. The second kappa shape index (κ2) is 44.0. The summed E-state index contributed by atoms with van der Waals surface area (Å²) < 4.78 is 3.40. The van der Waals surface area contributed by atoms with Crippen LogP contribution in [0.1, 0.15) is 159 Å². The molecule has 3 nitrogen and oxygen atoms in total. The minimum atomic E-state index is 0. The summed E-state index contributed by atoms with van der Waals surface area (Å²) in [6.07, 6.45) is 7.62. The van der Waals surface area contributed by atoms with E-state index in [2.05, 4.69) is 511 Å². The van der Waals surface area contributed by atoms with Gasteiger partial charge >= 0.3 is 0 Å². The van der Waals surface area contributed by atoms with Gasteiger partial charge in [0.05, 0.1) is 65.2 Å². The van der Waals surface area contributed by atoms with E-state index in [1.165, 1.54) is 17.3 Å². The predicted molar refractivity (Wildman–Crippen MR) is 424 cm³/mol. The molecule has 0 aromatic heterocycles. The van der Waals surface area contributed by atoms with Crippen LogP contribution >= 0.6 is 0 Å². The summed E-state index contributed by atoms with van der Waals surface area (Å²) in [6, 6.07) is 0. The van der Waals surface area contributed by atoms with Gasteiger partial charge < -0.3 is 13.4 Å². The number of nitrogens with zero attached hydrogens (tertiary/aromatic N) is 3. The molecule has 0 saturated carbocycles. The molecule has 0 aromatic rings. The van der Waals surface area contributed by atoms with Gasteiger partial charge in [-0.1, -0.05) is 54.9 Å². The summed E-state index contributed by atoms with van der Waals surface area (Å²) in [5, 5.41) is 0. The van der Waals surface area contributed by atoms with Gasteiger partial charge in [0.1, 0.15) is 22.2 Å². The number of terminal acetylenes is 1. The lowest BCUT2D eigenvalue weighted by molar-refractivity contribution is -1.06. The first-order valence-electron chi connectivity index (χ1n) is 31.6. The Labute approximate surface area is 616 Å². The van der Waals surface area contributed by atoms with E-state index < -0.39 is 0 Å². The smallest absolute Gasteiger partial charge is 0.104 e. The Morgan fingerprint density at radius 1 is 0.287 bits per heavy atom. The van der Waals surface area contributed by atoms with Crippen molar-refractivity contribution in [2.24, 2.45) is 28.6 Å². The molecule has 3 heteroatoms. The van der Waals surface area contributed by atoms with E-state index in [1.807, 2.05) is 0 Å². The van der Waals surface area contributed by atoms with Crippen molar-refractivity contribution in [3.05, 3.63) is 0 Å². The van der Waals surface area contributed by atoms with Crippen LogP contribution < -0.4 is 0 Å². The largest absolute Gasteiger partial charge is 0.327 e.